The molecule has 298 valence electrons. The molecule has 0 radical (unpaired) electrons. The maximum Gasteiger partial charge on any atom is 0.394 e. The first-order valence-corrected chi connectivity index (χ1v) is 17.3. The molecule has 1 amide bonds. The molecule has 50 heavy (non-hydrogen) atoms. The van der Waals surface area contributed by atoms with Gasteiger partial charge in [-0.1, -0.05) is 0 Å². The number of carbonyl (C=O) groups is 1. The number of amides is 1. The molecule has 2 saturated heterocycles. The predicted molar refractivity (Wildman–Crippen MR) is 160 cm³/mol. The molecule has 3 aliphatic rings. The lowest BCUT2D eigenvalue weighted by atomic mass is 9.83. The quantitative estimate of drug-likeness (QED) is 0.0915. The zero-order chi connectivity index (χ0) is 38.9. The number of aliphatic hydroxyl groups excluding tert-OH is 8. The van der Waals surface area contributed by atoms with Crippen molar-refractivity contribution in [2.75, 3.05) is 19.7 Å². The van der Waals surface area contributed by atoms with Gasteiger partial charge >= 0.3 is 20.8 Å². The zero-order valence-corrected chi connectivity index (χ0v) is 27.6. The van der Waals surface area contributed by atoms with Crippen LogP contribution in [0.2, 0.25) is 0 Å². The van der Waals surface area contributed by atoms with Gasteiger partial charge in [-0.3, -0.25) is 23.0 Å². The van der Waals surface area contributed by atoms with E-state index in [1.165, 1.54) is 0 Å². The summed E-state index contributed by atoms with van der Waals surface area (Å²) in [6.45, 7) is -0.898. The highest BCUT2D eigenvalue weighted by Crippen LogP contribution is 2.32. The van der Waals surface area contributed by atoms with Crippen molar-refractivity contribution in [3.05, 3.63) is 0 Å². The molecule has 0 bridgehead atoms. The van der Waals surface area contributed by atoms with Crippen LogP contribution in [0.1, 0.15) is 12.8 Å². The molecule has 0 spiro atoms. The van der Waals surface area contributed by atoms with Gasteiger partial charge in [0, 0.05) is 12.6 Å². The monoisotopic (exact) mass is 781 g/mol. The minimum absolute atomic E-state index is 0.0101. The Morgan fingerprint density at radius 1 is 0.760 bits per heavy atom. The van der Waals surface area contributed by atoms with E-state index < -0.39 is 131 Å². The summed E-state index contributed by atoms with van der Waals surface area (Å²) >= 11 is 0. The van der Waals surface area contributed by atoms with Gasteiger partial charge in [0.25, 0.3) is 0 Å². The van der Waals surface area contributed by atoms with Gasteiger partial charge in [0.15, 0.2) is 12.6 Å². The number of nitrogens with one attached hydrogen (secondary N) is 1. The molecule has 0 aromatic heterocycles. The topological polar surface area (TPSA) is 481 Å². The maximum atomic E-state index is 12.6. The summed E-state index contributed by atoms with van der Waals surface area (Å²) < 4.78 is 85.7. The molecule has 16 atom stereocenters. The van der Waals surface area contributed by atoms with Crippen LogP contribution in [0, 0.1) is 0 Å². The fraction of sp³-hybridized carbons (Fsp3) is 0.955. The molecule has 0 aromatic carbocycles. The Kier molecular flexibility index (Phi) is 18.8. The first-order chi connectivity index (χ1) is 22.9. The second kappa shape index (κ2) is 20.1. The lowest BCUT2D eigenvalue weighted by Gasteiger charge is -2.49. The number of hydrogen-bond acceptors (Lipinski definition) is 21. The third-order valence-corrected chi connectivity index (χ3v) is 7.51. The summed E-state index contributed by atoms with van der Waals surface area (Å²) in [6, 6.07) is -3.45. The van der Waals surface area contributed by atoms with Gasteiger partial charge in [0.2, 0.25) is 5.91 Å². The highest BCUT2D eigenvalue weighted by Gasteiger charge is 2.52. The van der Waals surface area contributed by atoms with E-state index in [0.29, 0.717) is 0 Å². The van der Waals surface area contributed by atoms with E-state index in [9.17, 15) is 45.6 Å². The molecule has 2 heterocycles. The van der Waals surface area contributed by atoms with E-state index in [1.54, 1.807) is 0 Å². The predicted octanol–water partition coefficient (Wildman–Crippen LogP) is -9.73. The number of aliphatic hydroxyl groups is 8. The summed E-state index contributed by atoms with van der Waals surface area (Å²) in [7, 11) is -9.33. The second-order valence-corrected chi connectivity index (χ2v) is 13.0. The molecule has 1 saturated carbocycles. The van der Waals surface area contributed by atoms with Gasteiger partial charge in [-0.25, -0.2) is 0 Å². The molecular weight excluding hydrogens is 734 g/mol. The van der Waals surface area contributed by atoms with Crippen LogP contribution in [-0.4, -0.2) is 199 Å². The van der Waals surface area contributed by atoms with E-state index in [0.717, 1.165) is 0 Å². The fourth-order valence-electron chi connectivity index (χ4n) is 5.07. The second-order valence-electron chi connectivity index (χ2n) is 11.2. The SMILES string of the molecule is NCC[C@H](O)C(=O)N[C@@H]1C[C@H](N)[C@@H](OC2O[C@H](CN)[C@@H](O)[C@H](O)[C@H]2O)[C@H](O)[C@H]1O[C@H]1O[C@H](CO)[C@@H](O)[C@H](N)[C@H]1O.O=S(=O)(O)O.O=S(=O)(O)O. The van der Waals surface area contributed by atoms with E-state index >= 15 is 0 Å². The van der Waals surface area contributed by atoms with E-state index in [-0.39, 0.29) is 25.9 Å². The Morgan fingerprint density at radius 3 is 1.72 bits per heavy atom. The lowest BCUT2D eigenvalue weighted by molar-refractivity contribution is -0.332. The summed E-state index contributed by atoms with van der Waals surface area (Å²) in [5, 5.41) is 84.9. The van der Waals surface area contributed by atoms with Crippen LogP contribution in [0.25, 0.3) is 0 Å². The molecular formula is C22H47N5O21S2. The van der Waals surface area contributed by atoms with Gasteiger partial charge < -0.3 is 88.1 Å². The minimum atomic E-state index is -4.67. The van der Waals surface area contributed by atoms with Crippen molar-refractivity contribution in [3.8, 4) is 0 Å². The highest BCUT2D eigenvalue weighted by atomic mass is 32.3. The number of carbonyl (C=O) groups excluding carboxylic acids is 1. The fourth-order valence-corrected chi connectivity index (χ4v) is 5.07. The lowest BCUT2D eigenvalue weighted by Crippen LogP contribution is -2.69. The third-order valence-electron chi connectivity index (χ3n) is 7.51. The number of hydrogen-bond donors (Lipinski definition) is 17. The van der Waals surface area contributed by atoms with Gasteiger partial charge in [-0.05, 0) is 19.4 Å². The largest absolute Gasteiger partial charge is 0.394 e. The van der Waals surface area contributed by atoms with Crippen LogP contribution in [0.4, 0.5) is 0 Å². The van der Waals surface area contributed by atoms with Gasteiger partial charge in [0.1, 0.15) is 67.1 Å². The van der Waals surface area contributed by atoms with Gasteiger partial charge in [-0.15, -0.1) is 0 Å². The zero-order valence-electron chi connectivity index (χ0n) is 25.9. The number of rotatable bonds is 10. The summed E-state index contributed by atoms with van der Waals surface area (Å²) in [5.41, 5.74) is 23.1. The highest BCUT2D eigenvalue weighted by molar-refractivity contribution is 7.80. The summed E-state index contributed by atoms with van der Waals surface area (Å²) in [6.07, 6.45) is -19.8. The molecule has 26 nitrogen and oxygen atoms in total. The Morgan fingerprint density at radius 2 is 1.24 bits per heavy atom. The Hall–Kier alpha value is -1.43. The smallest absolute Gasteiger partial charge is 0.394 e. The van der Waals surface area contributed by atoms with E-state index in [1.807, 2.05) is 0 Å². The third kappa shape index (κ3) is 14.5. The number of nitrogens with two attached hydrogens (primary N) is 4. The molecule has 2 aliphatic heterocycles. The van der Waals surface area contributed by atoms with Crippen LogP contribution >= 0.6 is 0 Å². The minimum Gasteiger partial charge on any atom is -0.394 e. The van der Waals surface area contributed by atoms with Crippen molar-refractivity contribution in [1.82, 2.24) is 5.32 Å². The first-order valence-electron chi connectivity index (χ1n) is 14.5. The molecule has 3 fully saturated rings. The van der Waals surface area contributed by atoms with Crippen LogP contribution in [-0.2, 0) is 44.5 Å². The van der Waals surface area contributed by atoms with E-state index in [4.69, 9.17) is 76.9 Å². The average Bonchev–Trinajstić information content (AvgIpc) is 2.99. The molecule has 1 aliphatic carbocycles. The van der Waals surface area contributed by atoms with Crippen molar-refractivity contribution >= 4 is 26.7 Å². The Bertz CT molecular complexity index is 1200. The average molecular weight is 782 g/mol. The van der Waals surface area contributed by atoms with Crippen LogP contribution < -0.4 is 28.3 Å². The van der Waals surface area contributed by atoms with Crippen molar-refractivity contribution < 1.29 is 99.6 Å². The molecule has 28 heteroatoms. The number of ether oxygens (including phenoxy) is 4. The molecule has 3 rings (SSSR count). The van der Waals surface area contributed by atoms with Crippen LogP contribution in [0.5, 0.6) is 0 Å². The van der Waals surface area contributed by atoms with Crippen molar-refractivity contribution in [2.24, 2.45) is 22.9 Å². The van der Waals surface area contributed by atoms with Crippen molar-refractivity contribution in [1.29, 1.82) is 0 Å². The van der Waals surface area contributed by atoms with E-state index in [2.05, 4.69) is 5.32 Å². The van der Waals surface area contributed by atoms with Crippen LogP contribution in [0.15, 0.2) is 0 Å². The summed E-state index contributed by atoms with van der Waals surface area (Å²) in [4.78, 5) is 12.6. The first kappa shape index (κ1) is 46.6. The Labute approximate surface area is 285 Å². The van der Waals surface area contributed by atoms with Crippen molar-refractivity contribution in [2.45, 2.75) is 111 Å². The molecule has 0 aromatic rings. The van der Waals surface area contributed by atoms with Gasteiger partial charge in [0.05, 0.1) is 18.7 Å². The standard InChI is InChI=1S/C22H43N5O13.2H2O4S/c23-2-1-8(29)20(36)27-7-3-6(25)18(39-22-16(34)15(33)13(31)9(4-24)37-22)17(35)19(7)40-21-14(32)11(26)12(30)10(5-28)38-21;2*1-5(2,3)4/h6-19,21-22,28-35H,1-5,23-26H2,(H,27,36);2*(H2,1,2,3,4)/t6-,7+,8-,9+,10+,11-,12+,13+,14+,15-,16+,17-,18+,19-,21+,22?;;/m0../s1. The van der Waals surface area contributed by atoms with Crippen molar-refractivity contribution in [3.63, 3.8) is 0 Å². The maximum absolute atomic E-state index is 12.6. The van der Waals surface area contributed by atoms with Gasteiger partial charge in [-0.2, -0.15) is 16.8 Å². The molecule has 1 unspecified atom stereocenters. The Balaban J connectivity index is 0.00000109. The summed E-state index contributed by atoms with van der Waals surface area (Å²) in [5.74, 6) is -0.845. The normalized spacial score (nSPS) is 40.0. The molecule has 21 N–H and O–H groups in total. The van der Waals surface area contributed by atoms with Crippen LogP contribution in [0.3, 0.4) is 0 Å².